The Bertz CT molecular complexity index is 789. The van der Waals surface area contributed by atoms with Crippen molar-refractivity contribution in [2.45, 2.75) is 43.5 Å². The van der Waals surface area contributed by atoms with Gasteiger partial charge in [-0.2, -0.15) is 8.42 Å². The van der Waals surface area contributed by atoms with Gasteiger partial charge in [-0.05, 0) is 37.8 Å². The maximum absolute atomic E-state index is 11.6. The molecule has 0 spiro atoms. The van der Waals surface area contributed by atoms with Crippen molar-refractivity contribution in [3.05, 3.63) is 30.5 Å². The van der Waals surface area contributed by atoms with Crippen molar-refractivity contribution in [1.82, 2.24) is 4.98 Å². The number of hydrogen-bond acceptors (Lipinski definition) is 4. The van der Waals surface area contributed by atoms with E-state index >= 15 is 0 Å². The van der Waals surface area contributed by atoms with E-state index in [0.29, 0.717) is 16.8 Å². The number of piperidine rings is 1. The summed E-state index contributed by atoms with van der Waals surface area (Å²) in [5.74, 6) is 0.787. The Morgan fingerprint density at radius 3 is 2.91 bits per heavy atom. The number of benzene rings is 1. The quantitative estimate of drug-likeness (QED) is 0.879. The first kappa shape index (κ1) is 15.2. The van der Waals surface area contributed by atoms with E-state index in [1.807, 2.05) is 0 Å². The van der Waals surface area contributed by atoms with Crippen molar-refractivity contribution >= 4 is 26.7 Å². The van der Waals surface area contributed by atoms with Crippen molar-refractivity contribution in [3.8, 4) is 0 Å². The largest absolute Gasteiger partial charge is 0.354 e. The molecule has 2 aromatic rings. The Kier molecular flexibility index (Phi) is 4.06. The zero-order valence-electron chi connectivity index (χ0n) is 12.6. The minimum Gasteiger partial charge on any atom is -0.354 e. The van der Waals surface area contributed by atoms with Crippen molar-refractivity contribution in [2.24, 2.45) is 0 Å². The molecule has 22 heavy (non-hydrogen) atoms. The highest BCUT2D eigenvalue weighted by molar-refractivity contribution is 7.86. The van der Waals surface area contributed by atoms with Crippen molar-refractivity contribution in [2.75, 3.05) is 11.4 Å². The second-order valence-electron chi connectivity index (χ2n) is 5.75. The van der Waals surface area contributed by atoms with Crippen molar-refractivity contribution < 1.29 is 13.0 Å². The lowest BCUT2D eigenvalue weighted by molar-refractivity contribution is 0.447. The van der Waals surface area contributed by atoms with Crippen LogP contribution in [0.3, 0.4) is 0 Å². The van der Waals surface area contributed by atoms with Crippen LogP contribution in [-0.4, -0.2) is 30.5 Å². The summed E-state index contributed by atoms with van der Waals surface area (Å²) in [5.41, 5.74) is 0. The van der Waals surface area contributed by atoms with E-state index < -0.39 is 10.1 Å². The summed E-state index contributed by atoms with van der Waals surface area (Å²) in [4.78, 5) is 6.70. The minimum atomic E-state index is -4.24. The zero-order valence-corrected chi connectivity index (χ0v) is 13.4. The molecule has 0 radical (unpaired) electrons. The number of nitrogens with zero attached hydrogens (tertiary/aromatic N) is 2. The van der Waals surface area contributed by atoms with E-state index in [2.05, 4.69) is 16.8 Å². The van der Waals surface area contributed by atoms with Crippen molar-refractivity contribution in [1.29, 1.82) is 0 Å². The normalized spacial score (nSPS) is 19.5. The average molecular weight is 320 g/mol. The fourth-order valence-electron chi connectivity index (χ4n) is 3.24. The molecule has 1 atom stereocenters. The third-order valence-corrected chi connectivity index (χ3v) is 5.29. The van der Waals surface area contributed by atoms with Gasteiger partial charge in [0.15, 0.2) is 0 Å². The van der Waals surface area contributed by atoms with Crippen LogP contribution in [0.15, 0.2) is 35.4 Å². The number of hydrogen-bond donors (Lipinski definition) is 1. The summed E-state index contributed by atoms with van der Waals surface area (Å²) < 4.78 is 32.6. The van der Waals surface area contributed by atoms with Gasteiger partial charge in [0.25, 0.3) is 10.1 Å². The summed E-state index contributed by atoms with van der Waals surface area (Å²) >= 11 is 0. The van der Waals surface area contributed by atoms with E-state index in [-0.39, 0.29) is 4.90 Å². The lowest BCUT2D eigenvalue weighted by Gasteiger charge is -2.36. The molecule has 3 rings (SSSR count). The van der Waals surface area contributed by atoms with E-state index in [9.17, 15) is 13.0 Å². The van der Waals surface area contributed by atoms with E-state index in [0.717, 1.165) is 31.6 Å². The van der Waals surface area contributed by atoms with Gasteiger partial charge in [-0.1, -0.05) is 19.1 Å². The number of pyridine rings is 1. The number of anilines is 1. The first-order valence-electron chi connectivity index (χ1n) is 7.63. The van der Waals surface area contributed by atoms with Gasteiger partial charge in [0.1, 0.15) is 10.7 Å². The maximum atomic E-state index is 11.6. The van der Waals surface area contributed by atoms with Crippen LogP contribution in [0.25, 0.3) is 10.8 Å². The number of fused-ring (bicyclic) bond motifs is 1. The topological polar surface area (TPSA) is 70.5 Å². The van der Waals surface area contributed by atoms with Crippen LogP contribution in [0, 0.1) is 0 Å². The molecule has 1 N–H and O–H groups in total. The van der Waals surface area contributed by atoms with Gasteiger partial charge in [-0.25, -0.2) is 4.98 Å². The zero-order chi connectivity index (χ0) is 15.7. The lowest BCUT2D eigenvalue weighted by atomic mass is 10.00. The van der Waals surface area contributed by atoms with Crippen LogP contribution < -0.4 is 4.90 Å². The Morgan fingerprint density at radius 1 is 1.36 bits per heavy atom. The average Bonchev–Trinajstić information content (AvgIpc) is 2.52. The summed E-state index contributed by atoms with van der Waals surface area (Å²) in [6.45, 7) is 3.10. The van der Waals surface area contributed by atoms with E-state index in [1.165, 1.54) is 12.5 Å². The van der Waals surface area contributed by atoms with E-state index in [1.54, 1.807) is 24.4 Å². The smallest absolute Gasteiger partial charge is 0.295 e. The van der Waals surface area contributed by atoms with Crippen LogP contribution in [0.1, 0.15) is 32.6 Å². The summed E-state index contributed by atoms with van der Waals surface area (Å²) in [5, 5.41) is 1.24. The molecule has 0 aliphatic carbocycles. The minimum absolute atomic E-state index is 0.0568. The first-order chi connectivity index (χ1) is 10.5. The van der Waals surface area contributed by atoms with Crippen LogP contribution in [0.4, 0.5) is 5.82 Å². The Balaban J connectivity index is 2.12. The molecule has 1 aromatic heterocycles. The molecule has 0 bridgehead atoms. The lowest BCUT2D eigenvalue weighted by Crippen LogP contribution is -2.39. The van der Waals surface area contributed by atoms with Crippen molar-refractivity contribution in [3.63, 3.8) is 0 Å². The summed E-state index contributed by atoms with van der Waals surface area (Å²) in [6, 6.07) is 7.06. The fraction of sp³-hybridized carbons (Fsp3) is 0.438. The van der Waals surface area contributed by atoms with E-state index in [4.69, 9.17) is 0 Å². The number of rotatable bonds is 3. The Morgan fingerprint density at radius 2 is 2.18 bits per heavy atom. The summed E-state index contributed by atoms with van der Waals surface area (Å²) in [6.07, 6.45) is 6.20. The molecule has 1 aliphatic heterocycles. The highest BCUT2D eigenvalue weighted by Crippen LogP contribution is 2.29. The molecule has 0 saturated carbocycles. The van der Waals surface area contributed by atoms with Gasteiger partial charge in [0.2, 0.25) is 0 Å². The monoisotopic (exact) mass is 320 g/mol. The molecule has 0 amide bonds. The second kappa shape index (κ2) is 5.85. The van der Waals surface area contributed by atoms with Gasteiger partial charge in [-0.3, -0.25) is 4.55 Å². The molecule has 1 saturated heterocycles. The predicted octanol–water partition coefficient (Wildman–Crippen LogP) is 3.25. The van der Waals surface area contributed by atoms with Gasteiger partial charge in [-0.15, -0.1) is 0 Å². The highest BCUT2D eigenvalue weighted by atomic mass is 32.2. The molecule has 1 aliphatic rings. The molecule has 118 valence electrons. The standard InChI is InChI=1S/C16H20N2O3S/c1-2-13-7-3-4-9-18(13)16-10-14-12(11-17-16)6-5-8-15(14)22(19,20)21/h5-6,8,10-11,13H,2-4,7,9H2,1H3,(H,19,20,21). The molecule has 1 fully saturated rings. The predicted molar refractivity (Wildman–Crippen MR) is 86.8 cm³/mol. The van der Waals surface area contributed by atoms with Crippen LogP contribution in [0.2, 0.25) is 0 Å². The molecule has 1 aromatic carbocycles. The van der Waals surface area contributed by atoms with Gasteiger partial charge < -0.3 is 4.90 Å². The Hall–Kier alpha value is -1.66. The first-order valence-corrected chi connectivity index (χ1v) is 9.07. The highest BCUT2D eigenvalue weighted by Gasteiger charge is 2.23. The third-order valence-electron chi connectivity index (χ3n) is 4.38. The maximum Gasteiger partial charge on any atom is 0.295 e. The van der Waals surface area contributed by atoms with Gasteiger partial charge in [0.05, 0.1) is 0 Å². The Labute approximate surface area is 130 Å². The molecule has 6 heteroatoms. The SMILES string of the molecule is CCC1CCCCN1c1cc2c(S(=O)(=O)O)cccc2cn1. The van der Waals surface area contributed by atoms with Gasteiger partial charge >= 0.3 is 0 Å². The van der Waals surface area contributed by atoms with Crippen LogP contribution in [-0.2, 0) is 10.1 Å². The number of aromatic nitrogens is 1. The molecular formula is C16H20N2O3S. The molecule has 2 heterocycles. The van der Waals surface area contributed by atoms with Crippen LogP contribution >= 0.6 is 0 Å². The molecule has 5 nitrogen and oxygen atoms in total. The molecule has 1 unspecified atom stereocenters. The summed E-state index contributed by atoms with van der Waals surface area (Å²) in [7, 11) is -4.24. The fourth-order valence-corrected chi connectivity index (χ4v) is 3.94. The van der Waals surface area contributed by atoms with Crippen LogP contribution in [0.5, 0.6) is 0 Å². The second-order valence-corrected chi connectivity index (χ2v) is 7.14. The third kappa shape index (κ3) is 2.80. The van der Waals surface area contributed by atoms with Gasteiger partial charge in [0, 0.05) is 29.6 Å². The molecular weight excluding hydrogens is 300 g/mol.